The average Bonchev–Trinajstić information content (AvgIpc) is 3.31. The van der Waals surface area contributed by atoms with Gasteiger partial charge in [0.05, 0.1) is 5.69 Å². The third-order valence-electron chi connectivity index (χ3n) is 4.67. The molecule has 4 aromatic rings. The van der Waals surface area contributed by atoms with Crippen molar-refractivity contribution in [3.63, 3.8) is 0 Å². The molecule has 1 heterocycles. The molecule has 0 aliphatic rings. The normalized spacial score (nSPS) is 10.9. The monoisotopic (exact) mass is 399 g/mol. The number of carbonyl (C=O) groups is 1. The van der Waals surface area contributed by atoms with E-state index in [1.54, 1.807) is 4.68 Å². The number of aryl methyl sites for hydroxylation is 1. The minimum atomic E-state index is -0.326. The zero-order chi connectivity index (χ0) is 20.8. The molecular formula is C23H21N5O2. The van der Waals surface area contributed by atoms with E-state index >= 15 is 0 Å². The van der Waals surface area contributed by atoms with Crippen molar-refractivity contribution in [3.8, 4) is 5.69 Å². The molecule has 7 nitrogen and oxygen atoms in total. The number of hydrogen-bond acceptors (Lipinski definition) is 5. The van der Waals surface area contributed by atoms with Gasteiger partial charge < -0.3 is 10.1 Å². The predicted molar refractivity (Wildman–Crippen MR) is 113 cm³/mol. The molecule has 0 aliphatic carbocycles. The smallest absolute Gasteiger partial charge is 0.250 e. The number of ether oxygens (including phenoxy) is 1. The molecular weight excluding hydrogens is 378 g/mol. The van der Waals surface area contributed by atoms with Crippen molar-refractivity contribution < 1.29 is 9.53 Å². The van der Waals surface area contributed by atoms with Crippen molar-refractivity contribution in [2.75, 3.05) is 11.9 Å². The van der Waals surface area contributed by atoms with E-state index in [4.69, 9.17) is 4.74 Å². The second kappa shape index (κ2) is 9.11. The van der Waals surface area contributed by atoms with Gasteiger partial charge in [-0.1, -0.05) is 66.7 Å². The van der Waals surface area contributed by atoms with Crippen LogP contribution in [0.5, 0.6) is 0 Å². The Morgan fingerprint density at radius 1 is 1.00 bits per heavy atom. The number of hydrogen-bond donors (Lipinski definition) is 1. The summed E-state index contributed by atoms with van der Waals surface area (Å²) in [6, 6.07) is 25.3. The van der Waals surface area contributed by atoms with E-state index in [1.807, 2.05) is 85.8 Å². The highest BCUT2D eigenvalue weighted by molar-refractivity contribution is 5.92. The van der Waals surface area contributed by atoms with E-state index in [2.05, 4.69) is 20.8 Å². The number of nitrogens with one attached hydrogen (secondary N) is 1. The van der Waals surface area contributed by atoms with Crippen molar-refractivity contribution >= 4 is 11.6 Å². The van der Waals surface area contributed by atoms with Crippen LogP contribution in [0, 0.1) is 6.92 Å². The van der Waals surface area contributed by atoms with Crippen LogP contribution >= 0.6 is 0 Å². The molecule has 7 heteroatoms. The maximum atomic E-state index is 12.6. The van der Waals surface area contributed by atoms with Gasteiger partial charge in [-0.3, -0.25) is 4.79 Å². The van der Waals surface area contributed by atoms with Crippen LogP contribution < -0.4 is 5.32 Å². The number of anilines is 1. The quantitative estimate of drug-likeness (QED) is 0.512. The van der Waals surface area contributed by atoms with Gasteiger partial charge in [0, 0.05) is 5.69 Å². The maximum absolute atomic E-state index is 12.6. The second-order valence-electron chi connectivity index (χ2n) is 6.82. The molecule has 1 aromatic heterocycles. The summed E-state index contributed by atoms with van der Waals surface area (Å²) in [5.41, 5.74) is 4.42. The van der Waals surface area contributed by atoms with E-state index in [-0.39, 0.29) is 18.6 Å². The standard InChI is InChI=1S/C23H21N5O2/c1-17-12-13-20(14-21(17)28-16-24-26-27-28)25-22(29)15-30-23(18-8-4-2-5-9-18)19-10-6-3-7-11-19/h2-14,16,23H,15H2,1H3,(H,25,29). The van der Waals surface area contributed by atoms with Crippen LogP contribution in [0.1, 0.15) is 22.8 Å². The Kier molecular flexibility index (Phi) is 5.91. The summed E-state index contributed by atoms with van der Waals surface area (Å²) in [5.74, 6) is -0.238. The summed E-state index contributed by atoms with van der Waals surface area (Å²) in [5, 5.41) is 14.1. The van der Waals surface area contributed by atoms with E-state index in [0.29, 0.717) is 5.69 Å². The Balaban J connectivity index is 1.46. The summed E-state index contributed by atoms with van der Waals surface area (Å²) in [6.07, 6.45) is 1.19. The van der Waals surface area contributed by atoms with Gasteiger partial charge in [-0.25, -0.2) is 4.68 Å². The molecule has 4 rings (SSSR count). The van der Waals surface area contributed by atoms with Crippen LogP contribution in [0.25, 0.3) is 5.69 Å². The van der Waals surface area contributed by atoms with Crippen LogP contribution in [-0.2, 0) is 9.53 Å². The highest BCUT2D eigenvalue weighted by Gasteiger charge is 2.16. The Hall–Kier alpha value is -3.84. The number of rotatable bonds is 7. The molecule has 1 N–H and O–H groups in total. The van der Waals surface area contributed by atoms with Crippen LogP contribution in [-0.4, -0.2) is 32.7 Å². The summed E-state index contributed by atoms with van der Waals surface area (Å²) in [4.78, 5) is 12.6. The summed E-state index contributed by atoms with van der Waals surface area (Å²) in [6.45, 7) is 1.87. The fourth-order valence-corrected chi connectivity index (χ4v) is 3.20. The van der Waals surface area contributed by atoms with Gasteiger partial charge in [0.25, 0.3) is 0 Å². The van der Waals surface area contributed by atoms with Gasteiger partial charge in [-0.2, -0.15) is 0 Å². The lowest BCUT2D eigenvalue weighted by atomic mass is 10.0. The number of amides is 1. The van der Waals surface area contributed by atoms with Crippen molar-refractivity contribution in [2.24, 2.45) is 0 Å². The van der Waals surface area contributed by atoms with Gasteiger partial charge in [0.2, 0.25) is 5.91 Å². The zero-order valence-electron chi connectivity index (χ0n) is 16.5. The first-order valence-corrected chi connectivity index (χ1v) is 9.56. The lowest BCUT2D eigenvalue weighted by Crippen LogP contribution is -2.21. The van der Waals surface area contributed by atoms with Crippen LogP contribution in [0.4, 0.5) is 5.69 Å². The molecule has 1 amide bonds. The Bertz CT molecular complexity index is 1060. The first-order valence-electron chi connectivity index (χ1n) is 9.56. The van der Waals surface area contributed by atoms with Crippen molar-refractivity contribution in [2.45, 2.75) is 13.0 Å². The lowest BCUT2D eigenvalue weighted by molar-refractivity contribution is -0.121. The fourth-order valence-electron chi connectivity index (χ4n) is 3.20. The van der Waals surface area contributed by atoms with E-state index < -0.39 is 0 Å². The maximum Gasteiger partial charge on any atom is 0.250 e. The molecule has 0 unspecified atom stereocenters. The lowest BCUT2D eigenvalue weighted by Gasteiger charge is -2.19. The molecule has 150 valence electrons. The summed E-state index contributed by atoms with van der Waals surface area (Å²) >= 11 is 0. The molecule has 0 saturated carbocycles. The molecule has 0 aliphatic heterocycles. The van der Waals surface area contributed by atoms with Crippen molar-refractivity contribution in [1.82, 2.24) is 20.2 Å². The van der Waals surface area contributed by atoms with E-state index in [1.165, 1.54) is 6.33 Å². The number of benzene rings is 3. The summed E-state index contributed by atoms with van der Waals surface area (Å²) < 4.78 is 7.58. The molecule has 30 heavy (non-hydrogen) atoms. The highest BCUT2D eigenvalue weighted by atomic mass is 16.5. The van der Waals surface area contributed by atoms with Gasteiger partial charge in [0.15, 0.2) is 0 Å². The molecule has 0 atom stereocenters. The Labute approximate surface area is 174 Å². The third kappa shape index (κ3) is 4.59. The Morgan fingerprint density at radius 2 is 1.67 bits per heavy atom. The van der Waals surface area contributed by atoms with Gasteiger partial charge in [-0.15, -0.1) is 5.10 Å². The minimum Gasteiger partial charge on any atom is -0.359 e. The molecule has 0 fully saturated rings. The van der Waals surface area contributed by atoms with E-state index in [9.17, 15) is 4.79 Å². The zero-order valence-corrected chi connectivity index (χ0v) is 16.5. The number of tetrazole rings is 1. The van der Waals surface area contributed by atoms with Gasteiger partial charge in [0.1, 0.15) is 19.0 Å². The van der Waals surface area contributed by atoms with Crippen LogP contribution in [0.15, 0.2) is 85.2 Å². The number of nitrogens with zero attached hydrogens (tertiary/aromatic N) is 4. The molecule has 3 aromatic carbocycles. The highest BCUT2D eigenvalue weighted by Crippen LogP contribution is 2.26. The van der Waals surface area contributed by atoms with Crippen molar-refractivity contribution in [3.05, 3.63) is 102 Å². The molecule has 0 spiro atoms. The molecule has 0 saturated heterocycles. The molecule has 0 radical (unpaired) electrons. The van der Waals surface area contributed by atoms with Crippen molar-refractivity contribution in [1.29, 1.82) is 0 Å². The second-order valence-corrected chi connectivity index (χ2v) is 6.82. The number of carbonyl (C=O) groups excluding carboxylic acids is 1. The summed E-state index contributed by atoms with van der Waals surface area (Å²) in [7, 11) is 0. The first-order chi connectivity index (χ1) is 14.7. The SMILES string of the molecule is Cc1ccc(NC(=O)COC(c2ccccc2)c2ccccc2)cc1-n1cnnn1. The minimum absolute atomic E-state index is 0.0808. The van der Waals surface area contributed by atoms with Gasteiger partial charge >= 0.3 is 0 Å². The molecule has 0 bridgehead atoms. The predicted octanol–water partition coefficient (Wildman–Crippen LogP) is 3.72. The van der Waals surface area contributed by atoms with Crippen LogP contribution in [0.2, 0.25) is 0 Å². The first kappa shape index (κ1) is 19.5. The van der Waals surface area contributed by atoms with Gasteiger partial charge in [-0.05, 0) is 46.2 Å². The fraction of sp³-hybridized carbons (Fsp3) is 0.130. The topological polar surface area (TPSA) is 81.9 Å². The Morgan fingerprint density at radius 3 is 2.27 bits per heavy atom. The largest absolute Gasteiger partial charge is 0.359 e. The van der Waals surface area contributed by atoms with E-state index in [0.717, 1.165) is 22.4 Å². The van der Waals surface area contributed by atoms with Crippen LogP contribution in [0.3, 0.4) is 0 Å². The third-order valence-corrected chi connectivity index (χ3v) is 4.67. The average molecular weight is 399 g/mol. The number of aromatic nitrogens is 4.